The Morgan fingerprint density at radius 1 is 0.295 bits per heavy atom. The molecule has 0 fully saturated rings. The Morgan fingerprint density at radius 3 is 0.747 bits per heavy atom. The number of hydrogen-bond donors (Lipinski definition) is 3. The quantitative estimate of drug-likeness (QED) is 0.0222. The van der Waals surface area contributed by atoms with Gasteiger partial charge in [0.2, 0.25) is 0 Å². The van der Waals surface area contributed by atoms with Gasteiger partial charge in [0.1, 0.15) is 19.3 Å². The van der Waals surface area contributed by atoms with Crippen LogP contribution in [0.3, 0.4) is 0 Å². The van der Waals surface area contributed by atoms with Crippen LogP contribution in [0.2, 0.25) is 0 Å². The molecule has 0 rings (SSSR count). The molecule has 0 bridgehead atoms. The largest absolute Gasteiger partial charge is 0.472 e. The number of ether oxygens (including phenoxy) is 4. The van der Waals surface area contributed by atoms with Crippen LogP contribution in [-0.2, 0) is 65.4 Å². The lowest BCUT2D eigenvalue weighted by atomic mass is 9.99. The summed E-state index contributed by atoms with van der Waals surface area (Å²) >= 11 is 0. The lowest BCUT2D eigenvalue weighted by molar-refractivity contribution is -0.161. The zero-order valence-corrected chi connectivity index (χ0v) is 64.1. The highest BCUT2D eigenvalue weighted by Crippen LogP contribution is 2.45. The summed E-state index contributed by atoms with van der Waals surface area (Å²) in [5, 5.41) is 10.6. The van der Waals surface area contributed by atoms with Crippen molar-refractivity contribution in [1.29, 1.82) is 0 Å². The molecule has 0 aromatic carbocycles. The van der Waals surface area contributed by atoms with Crippen molar-refractivity contribution in [2.45, 2.75) is 401 Å². The second-order valence-corrected chi connectivity index (χ2v) is 32.0. The van der Waals surface area contributed by atoms with Gasteiger partial charge < -0.3 is 33.8 Å². The topological polar surface area (TPSA) is 237 Å². The second kappa shape index (κ2) is 65.4. The van der Waals surface area contributed by atoms with Gasteiger partial charge in [-0.25, -0.2) is 9.13 Å². The summed E-state index contributed by atoms with van der Waals surface area (Å²) in [7, 11) is -9.91. The molecule has 3 unspecified atom stereocenters. The number of carbonyl (C=O) groups excluding carboxylic acids is 4. The lowest BCUT2D eigenvalue weighted by Crippen LogP contribution is -2.30. The van der Waals surface area contributed by atoms with E-state index in [0.29, 0.717) is 31.6 Å². The van der Waals surface area contributed by atoms with Crippen molar-refractivity contribution >= 4 is 39.5 Å². The molecule has 95 heavy (non-hydrogen) atoms. The van der Waals surface area contributed by atoms with E-state index in [1.165, 1.54) is 180 Å². The van der Waals surface area contributed by atoms with Crippen molar-refractivity contribution in [1.82, 2.24) is 0 Å². The Morgan fingerprint density at radius 2 is 0.505 bits per heavy atom. The van der Waals surface area contributed by atoms with Crippen molar-refractivity contribution in [2.75, 3.05) is 39.6 Å². The van der Waals surface area contributed by atoms with Crippen molar-refractivity contribution in [3.8, 4) is 0 Å². The smallest absolute Gasteiger partial charge is 0.462 e. The Balaban J connectivity index is 5.23. The highest BCUT2D eigenvalue weighted by atomic mass is 31.2. The van der Waals surface area contributed by atoms with E-state index in [1.807, 2.05) is 0 Å². The van der Waals surface area contributed by atoms with E-state index in [0.717, 1.165) is 114 Å². The molecule has 0 amide bonds. The summed E-state index contributed by atoms with van der Waals surface area (Å²) in [5.41, 5.74) is 0. The Hall–Kier alpha value is -1.94. The molecule has 0 heterocycles. The number of carbonyl (C=O) groups is 4. The van der Waals surface area contributed by atoms with Gasteiger partial charge >= 0.3 is 39.5 Å². The summed E-state index contributed by atoms with van der Waals surface area (Å²) in [4.78, 5) is 72.8. The lowest BCUT2D eigenvalue weighted by Gasteiger charge is -2.21. The molecule has 0 radical (unpaired) electrons. The first kappa shape index (κ1) is 93.1. The summed E-state index contributed by atoms with van der Waals surface area (Å²) in [6.07, 6.45) is 50.0. The van der Waals surface area contributed by atoms with Gasteiger partial charge in [0, 0.05) is 25.7 Å². The minimum atomic E-state index is -4.96. The van der Waals surface area contributed by atoms with E-state index in [4.69, 9.17) is 37.0 Å². The van der Waals surface area contributed by atoms with Crippen LogP contribution in [0.25, 0.3) is 0 Å². The molecular weight excluding hydrogens is 1250 g/mol. The fourth-order valence-corrected chi connectivity index (χ4v) is 13.1. The zero-order chi connectivity index (χ0) is 70.3. The van der Waals surface area contributed by atoms with Crippen molar-refractivity contribution in [3.05, 3.63) is 0 Å². The fraction of sp³-hybridized carbons (Fsp3) is 0.947. The van der Waals surface area contributed by atoms with Crippen LogP contribution in [0.5, 0.6) is 0 Å². The van der Waals surface area contributed by atoms with Gasteiger partial charge in [-0.05, 0) is 49.4 Å². The molecule has 0 saturated carbocycles. The number of phosphoric acid groups is 2. The molecular formula is C76H148O17P2. The van der Waals surface area contributed by atoms with Gasteiger partial charge in [0.05, 0.1) is 26.4 Å². The standard InChI is InChI=1S/C76H148O17P2/c1-9-69(8)55-47-39-30-26-27-31-40-48-56-73(78)86-62-71(92-75(80)58-50-42-32-24-20-16-12-10-11-14-18-22-28-36-44-52-66(2)3)64-90-94(82,83)88-60-70(77)61-89-95(84,85)91-65-72(63-87-74(79)57-49-41-35-34-38-46-54-68(6)7)93-76(81)59-51-43-33-25-21-17-13-15-19-23-29-37-45-53-67(4)5/h66-72,77H,9-65H2,1-8H3,(H,82,83)(H,84,85)/t69?,70-,71-,72-/m1/s1. The normalized spacial score (nSPS) is 14.4. The number of aliphatic hydroxyl groups excluding tert-OH is 1. The maximum atomic E-state index is 13.1. The van der Waals surface area contributed by atoms with Gasteiger partial charge in [-0.2, -0.15) is 0 Å². The molecule has 0 spiro atoms. The molecule has 3 N–H and O–H groups in total. The number of esters is 4. The Bertz CT molecular complexity index is 1870. The Labute approximate surface area is 581 Å². The third-order valence-corrected chi connectivity index (χ3v) is 19.8. The number of hydrogen-bond acceptors (Lipinski definition) is 15. The molecule has 6 atom stereocenters. The predicted octanol–water partition coefficient (Wildman–Crippen LogP) is 22.0. The summed E-state index contributed by atoms with van der Waals surface area (Å²) in [6.45, 7) is 14.2. The monoisotopic (exact) mass is 1400 g/mol. The first-order valence-corrected chi connectivity index (χ1v) is 42.2. The summed E-state index contributed by atoms with van der Waals surface area (Å²) in [5.74, 6) is 0.923. The van der Waals surface area contributed by atoms with E-state index in [1.54, 1.807) is 0 Å². The van der Waals surface area contributed by atoms with Crippen LogP contribution in [0.4, 0.5) is 0 Å². The van der Waals surface area contributed by atoms with E-state index in [2.05, 4.69) is 55.4 Å². The molecule has 17 nitrogen and oxygen atoms in total. The van der Waals surface area contributed by atoms with E-state index in [9.17, 15) is 43.2 Å². The van der Waals surface area contributed by atoms with Gasteiger partial charge in [-0.15, -0.1) is 0 Å². The van der Waals surface area contributed by atoms with Gasteiger partial charge in [0.25, 0.3) is 0 Å². The van der Waals surface area contributed by atoms with Crippen LogP contribution in [0.1, 0.15) is 383 Å². The summed E-state index contributed by atoms with van der Waals surface area (Å²) < 4.78 is 68.5. The maximum absolute atomic E-state index is 13.1. The summed E-state index contributed by atoms with van der Waals surface area (Å²) in [6, 6.07) is 0. The molecule has 0 aliphatic rings. The van der Waals surface area contributed by atoms with Crippen LogP contribution in [0, 0.1) is 23.7 Å². The maximum Gasteiger partial charge on any atom is 0.472 e. The average Bonchev–Trinajstić information content (AvgIpc) is 1.14. The van der Waals surface area contributed by atoms with Crippen LogP contribution < -0.4 is 0 Å². The molecule has 19 heteroatoms. The van der Waals surface area contributed by atoms with E-state index >= 15 is 0 Å². The minimum absolute atomic E-state index is 0.106. The SMILES string of the molecule is CCC(C)CCCCCCCCCCC(=O)OC[C@H](COP(=O)(O)OC[C@@H](O)COP(=O)(O)OC[C@@H](COC(=O)CCCCCCCCC(C)C)OC(=O)CCCCCCCCCCCCCCCC(C)C)OC(=O)CCCCCCCCCCCCCCCCCC(C)C. The molecule has 564 valence electrons. The van der Waals surface area contributed by atoms with Crippen molar-refractivity contribution in [3.63, 3.8) is 0 Å². The first-order chi connectivity index (χ1) is 45.6. The van der Waals surface area contributed by atoms with Gasteiger partial charge in [-0.1, -0.05) is 331 Å². The number of rotatable bonds is 73. The third kappa shape index (κ3) is 69.0. The van der Waals surface area contributed by atoms with E-state index < -0.39 is 97.5 Å². The molecule has 0 aromatic rings. The van der Waals surface area contributed by atoms with Crippen molar-refractivity contribution < 1.29 is 80.2 Å². The van der Waals surface area contributed by atoms with Crippen molar-refractivity contribution in [2.24, 2.45) is 23.7 Å². The Kier molecular flexibility index (Phi) is 64.0. The van der Waals surface area contributed by atoms with Crippen LogP contribution in [-0.4, -0.2) is 96.7 Å². The molecule has 0 aliphatic carbocycles. The number of phosphoric ester groups is 2. The van der Waals surface area contributed by atoms with Crippen LogP contribution >= 0.6 is 15.6 Å². The van der Waals surface area contributed by atoms with Crippen LogP contribution in [0.15, 0.2) is 0 Å². The zero-order valence-electron chi connectivity index (χ0n) is 62.3. The highest BCUT2D eigenvalue weighted by Gasteiger charge is 2.30. The first-order valence-electron chi connectivity index (χ1n) is 39.2. The number of aliphatic hydroxyl groups is 1. The average molecular weight is 1400 g/mol. The highest BCUT2D eigenvalue weighted by molar-refractivity contribution is 7.47. The predicted molar refractivity (Wildman–Crippen MR) is 386 cm³/mol. The fourth-order valence-electron chi connectivity index (χ4n) is 11.5. The molecule has 0 aliphatic heterocycles. The number of unbranched alkanes of at least 4 members (excludes halogenated alkanes) is 38. The minimum Gasteiger partial charge on any atom is -0.462 e. The van der Waals surface area contributed by atoms with Gasteiger partial charge in [-0.3, -0.25) is 37.3 Å². The molecule has 0 aromatic heterocycles. The third-order valence-electron chi connectivity index (χ3n) is 17.9. The second-order valence-electron chi connectivity index (χ2n) is 29.1. The molecule has 0 saturated heterocycles. The van der Waals surface area contributed by atoms with E-state index in [-0.39, 0.29) is 25.7 Å². The van der Waals surface area contributed by atoms with Gasteiger partial charge in [0.15, 0.2) is 12.2 Å².